The van der Waals surface area contributed by atoms with Crippen LogP contribution in [0.3, 0.4) is 0 Å². The lowest BCUT2D eigenvalue weighted by atomic mass is 9.63. The standard InChI is InChI=1S/C16H28O4/c1-11(2)6-4-5-7-13-10-12(14(17)18)8-9-16(13,3)15(19)20/h11-13H,4-10H2,1-3H3,(H,17,18)(H,19,20). The van der Waals surface area contributed by atoms with Crippen LogP contribution in [-0.2, 0) is 9.59 Å². The zero-order chi connectivity index (χ0) is 15.3. The summed E-state index contributed by atoms with van der Waals surface area (Å²) in [5.74, 6) is -1.25. The van der Waals surface area contributed by atoms with Crippen molar-refractivity contribution in [3.63, 3.8) is 0 Å². The van der Waals surface area contributed by atoms with E-state index in [0.29, 0.717) is 25.2 Å². The van der Waals surface area contributed by atoms with Crippen LogP contribution in [0.5, 0.6) is 0 Å². The quantitative estimate of drug-likeness (QED) is 0.697. The number of carboxylic acid groups (broad SMARTS) is 2. The third-order valence-electron chi connectivity index (χ3n) is 4.90. The molecule has 0 radical (unpaired) electrons. The van der Waals surface area contributed by atoms with Crippen molar-refractivity contribution >= 4 is 11.9 Å². The Labute approximate surface area is 121 Å². The Kier molecular flexibility index (Phi) is 6.03. The predicted molar refractivity (Wildman–Crippen MR) is 77.5 cm³/mol. The molecule has 1 rings (SSSR count). The molecule has 20 heavy (non-hydrogen) atoms. The summed E-state index contributed by atoms with van der Waals surface area (Å²) in [6.07, 6.45) is 5.56. The molecule has 1 aliphatic rings. The fourth-order valence-electron chi connectivity index (χ4n) is 3.29. The number of hydrogen-bond donors (Lipinski definition) is 2. The Morgan fingerprint density at radius 2 is 1.90 bits per heavy atom. The van der Waals surface area contributed by atoms with E-state index in [1.807, 2.05) is 0 Å². The summed E-state index contributed by atoms with van der Waals surface area (Å²) in [6.45, 7) is 6.16. The highest BCUT2D eigenvalue weighted by Crippen LogP contribution is 2.46. The van der Waals surface area contributed by atoms with Gasteiger partial charge in [-0.15, -0.1) is 0 Å². The normalized spacial score (nSPS) is 30.4. The highest BCUT2D eigenvalue weighted by atomic mass is 16.4. The van der Waals surface area contributed by atoms with Crippen molar-refractivity contribution in [3.05, 3.63) is 0 Å². The van der Waals surface area contributed by atoms with Gasteiger partial charge in [0.2, 0.25) is 0 Å². The van der Waals surface area contributed by atoms with E-state index in [1.165, 1.54) is 0 Å². The molecule has 3 unspecified atom stereocenters. The number of rotatable bonds is 7. The van der Waals surface area contributed by atoms with E-state index in [2.05, 4.69) is 13.8 Å². The average Bonchev–Trinajstić information content (AvgIpc) is 2.35. The molecule has 0 saturated heterocycles. The summed E-state index contributed by atoms with van der Waals surface area (Å²) in [5.41, 5.74) is -0.746. The van der Waals surface area contributed by atoms with Crippen molar-refractivity contribution in [1.82, 2.24) is 0 Å². The second-order valence-corrected chi connectivity index (χ2v) is 6.91. The summed E-state index contributed by atoms with van der Waals surface area (Å²) in [5, 5.41) is 18.7. The molecule has 4 nitrogen and oxygen atoms in total. The lowest BCUT2D eigenvalue weighted by Crippen LogP contribution is -2.42. The van der Waals surface area contributed by atoms with E-state index in [1.54, 1.807) is 6.92 Å². The molecule has 0 aliphatic heterocycles. The minimum absolute atomic E-state index is 0.0120. The van der Waals surface area contributed by atoms with Gasteiger partial charge < -0.3 is 10.2 Å². The van der Waals surface area contributed by atoms with Crippen LogP contribution in [0, 0.1) is 23.2 Å². The molecule has 0 aromatic carbocycles. The van der Waals surface area contributed by atoms with Crippen LogP contribution in [0.25, 0.3) is 0 Å². The number of hydrogen-bond acceptors (Lipinski definition) is 2. The largest absolute Gasteiger partial charge is 0.481 e. The van der Waals surface area contributed by atoms with E-state index < -0.39 is 17.4 Å². The van der Waals surface area contributed by atoms with E-state index >= 15 is 0 Å². The van der Waals surface area contributed by atoms with Gasteiger partial charge in [-0.2, -0.15) is 0 Å². The topological polar surface area (TPSA) is 74.6 Å². The number of carbonyl (C=O) groups is 2. The van der Waals surface area contributed by atoms with Gasteiger partial charge in [-0.3, -0.25) is 9.59 Å². The van der Waals surface area contributed by atoms with Crippen LogP contribution >= 0.6 is 0 Å². The molecule has 0 spiro atoms. The average molecular weight is 284 g/mol. The van der Waals surface area contributed by atoms with Crippen LogP contribution < -0.4 is 0 Å². The molecule has 1 fully saturated rings. The molecule has 0 heterocycles. The first kappa shape index (κ1) is 17.0. The summed E-state index contributed by atoms with van der Waals surface area (Å²) in [4.78, 5) is 22.7. The SMILES string of the molecule is CC(C)CCCCC1CC(C(=O)O)CCC1(C)C(=O)O. The van der Waals surface area contributed by atoms with Gasteiger partial charge in [0, 0.05) is 0 Å². The van der Waals surface area contributed by atoms with Crippen molar-refractivity contribution in [2.45, 2.75) is 65.7 Å². The molecule has 2 N–H and O–H groups in total. The highest BCUT2D eigenvalue weighted by molar-refractivity contribution is 5.76. The Morgan fingerprint density at radius 1 is 1.25 bits per heavy atom. The van der Waals surface area contributed by atoms with Crippen LogP contribution in [0.1, 0.15) is 65.7 Å². The van der Waals surface area contributed by atoms with Crippen molar-refractivity contribution in [2.75, 3.05) is 0 Å². The first-order chi connectivity index (χ1) is 9.27. The fourth-order valence-corrected chi connectivity index (χ4v) is 3.29. The molecule has 0 bridgehead atoms. The van der Waals surface area contributed by atoms with Gasteiger partial charge in [0.15, 0.2) is 0 Å². The summed E-state index contributed by atoms with van der Waals surface area (Å²) in [7, 11) is 0. The third kappa shape index (κ3) is 4.22. The van der Waals surface area contributed by atoms with Gasteiger partial charge in [0.25, 0.3) is 0 Å². The van der Waals surface area contributed by atoms with Gasteiger partial charge in [-0.05, 0) is 44.4 Å². The zero-order valence-electron chi connectivity index (χ0n) is 12.9. The van der Waals surface area contributed by atoms with Gasteiger partial charge in [0.05, 0.1) is 11.3 Å². The van der Waals surface area contributed by atoms with E-state index in [-0.39, 0.29) is 11.8 Å². The molecular weight excluding hydrogens is 256 g/mol. The van der Waals surface area contributed by atoms with Gasteiger partial charge in [0.1, 0.15) is 0 Å². The van der Waals surface area contributed by atoms with Crippen molar-refractivity contribution in [2.24, 2.45) is 23.2 Å². The second-order valence-electron chi connectivity index (χ2n) is 6.91. The maximum atomic E-state index is 11.6. The maximum Gasteiger partial charge on any atom is 0.309 e. The predicted octanol–water partition coefficient (Wildman–Crippen LogP) is 3.79. The maximum absolute atomic E-state index is 11.6. The first-order valence-electron chi connectivity index (χ1n) is 7.73. The van der Waals surface area contributed by atoms with Crippen LogP contribution in [0.15, 0.2) is 0 Å². The number of aliphatic carboxylic acids is 2. The highest BCUT2D eigenvalue weighted by Gasteiger charge is 2.46. The van der Waals surface area contributed by atoms with Crippen LogP contribution in [-0.4, -0.2) is 22.2 Å². The molecule has 0 aromatic rings. The molecule has 3 atom stereocenters. The molecule has 1 aliphatic carbocycles. The van der Waals surface area contributed by atoms with E-state index in [4.69, 9.17) is 5.11 Å². The lowest BCUT2D eigenvalue weighted by Gasteiger charge is -2.40. The van der Waals surface area contributed by atoms with Gasteiger partial charge in [-0.1, -0.05) is 33.1 Å². The molecular formula is C16H28O4. The second kappa shape index (κ2) is 7.09. The molecule has 0 aromatic heterocycles. The molecule has 116 valence electrons. The van der Waals surface area contributed by atoms with Crippen molar-refractivity contribution < 1.29 is 19.8 Å². The summed E-state index contributed by atoms with van der Waals surface area (Å²) >= 11 is 0. The van der Waals surface area contributed by atoms with Crippen LogP contribution in [0.2, 0.25) is 0 Å². The monoisotopic (exact) mass is 284 g/mol. The smallest absolute Gasteiger partial charge is 0.309 e. The molecule has 0 amide bonds. The van der Waals surface area contributed by atoms with Crippen LogP contribution in [0.4, 0.5) is 0 Å². The minimum atomic E-state index is -0.774. The Morgan fingerprint density at radius 3 is 2.40 bits per heavy atom. The number of unbranched alkanes of at least 4 members (excludes halogenated alkanes) is 1. The van der Waals surface area contributed by atoms with Crippen molar-refractivity contribution in [3.8, 4) is 0 Å². The van der Waals surface area contributed by atoms with E-state index in [0.717, 1.165) is 25.7 Å². The van der Waals surface area contributed by atoms with Crippen molar-refractivity contribution in [1.29, 1.82) is 0 Å². The molecule has 4 heteroatoms. The lowest BCUT2D eigenvalue weighted by molar-refractivity contribution is -0.159. The Bertz CT molecular complexity index is 350. The Hall–Kier alpha value is -1.06. The summed E-state index contributed by atoms with van der Waals surface area (Å²) < 4.78 is 0. The van der Waals surface area contributed by atoms with E-state index in [9.17, 15) is 14.7 Å². The van der Waals surface area contributed by atoms with Gasteiger partial charge in [-0.25, -0.2) is 0 Å². The number of carboxylic acids is 2. The first-order valence-corrected chi connectivity index (χ1v) is 7.73. The summed E-state index contributed by atoms with van der Waals surface area (Å²) in [6, 6.07) is 0. The third-order valence-corrected chi connectivity index (χ3v) is 4.90. The van der Waals surface area contributed by atoms with Gasteiger partial charge >= 0.3 is 11.9 Å². The zero-order valence-corrected chi connectivity index (χ0v) is 12.9. The Balaban J connectivity index is 2.63. The fraction of sp³-hybridized carbons (Fsp3) is 0.875. The molecule has 1 saturated carbocycles. The minimum Gasteiger partial charge on any atom is -0.481 e.